The molecule has 0 saturated carbocycles. The maximum atomic E-state index is 13.6. The lowest BCUT2D eigenvalue weighted by Crippen LogP contribution is -2.18. The summed E-state index contributed by atoms with van der Waals surface area (Å²) in [6.07, 6.45) is 0. The molecule has 0 fully saturated rings. The normalized spacial score (nSPS) is 10.2. The highest BCUT2D eigenvalue weighted by atomic mass is 127. The molecule has 1 aromatic carbocycles. The van der Waals surface area contributed by atoms with Crippen molar-refractivity contribution in [2.45, 2.75) is 0 Å². The van der Waals surface area contributed by atoms with Crippen molar-refractivity contribution in [3.63, 3.8) is 0 Å². The Hall–Kier alpha value is -1.06. The number of thiocarbonyl (C=S) groups is 1. The van der Waals surface area contributed by atoms with E-state index in [4.69, 9.17) is 18.0 Å². The number of amides is 1. The quantitative estimate of drug-likeness (QED) is 0.607. The zero-order chi connectivity index (χ0) is 14.0. The van der Waals surface area contributed by atoms with Gasteiger partial charge in [-0.05, 0) is 40.8 Å². The summed E-state index contributed by atoms with van der Waals surface area (Å²) in [5.41, 5.74) is 6.32. The van der Waals surface area contributed by atoms with Crippen LogP contribution in [0.4, 0.5) is 10.1 Å². The van der Waals surface area contributed by atoms with Crippen LogP contribution in [0.25, 0.3) is 0 Å². The van der Waals surface area contributed by atoms with E-state index in [-0.39, 0.29) is 22.1 Å². The topological polar surface area (TPSA) is 55.1 Å². The second-order valence-electron chi connectivity index (χ2n) is 3.62. The van der Waals surface area contributed by atoms with Crippen LogP contribution in [-0.4, -0.2) is 10.9 Å². The zero-order valence-electron chi connectivity index (χ0n) is 9.44. The summed E-state index contributed by atoms with van der Waals surface area (Å²) in [5, 5.41) is 4.35. The summed E-state index contributed by atoms with van der Waals surface area (Å²) < 4.78 is 14.6. The largest absolute Gasteiger partial charge is 0.389 e. The van der Waals surface area contributed by atoms with Crippen molar-refractivity contribution in [3.8, 4) is 0 Å². The van der Waals surface area contributed by atoms with E-state index >= 15 is 0 Å². The Bertz CT molecular complexity index is 657. The van der Waals surface area contributed by atoms with Crippen molar-refractivity contribution in [1.29, 1.82) is 0 Å². The fourth-order valence-electron chi connectivity index (χ4n) is 1.50. The molecule has 0 spiro atoms. The van der Waals surface area contributed by atoms with Gasteiger partial charge in [-0.1, -0.05) is 18.3 Å². The van der Waals surface area contributed by atoms with Gasteiger partial charge in [0, 0.05) is 5.38 Å². The fraction of sp³-hybridized carbons (Fsp3) is 0. The minimum Gasteiger partial charge on any atom is -0.389 e. The Balaban J connectivity index is 2.31. The van der Waals surface area contributed by atoms with E-state index in [1.807, 2.05) is 0 Å². The monoisotopic (exact) mass is 406 g/mol. The molecular weight excluding hydrogens is 398 g/mol. The summed E-state index contributed by atoms with van der Waals surface area (Å²) in [6, 6.07) is 6.05. The Kier molecular flexibility index (Phi) is 4.48. The number of thiophene rings is 1. The van der Waals surface area contributed by atoms with Crippen molar-refractivity contribution >= 4 is 62.7 Å². The van der Waals surface area contributed by atoms with Gasteiger partial charge < -0.3 is 11.1 Å². The first kappa shape index (κ1) is 14.4. The highest BCUT2D eigenvalue weighted by Gasteiger charge is 2.15. The second kappa shape index (κ2) is 5.93. The van der Waals surface area contributed by atoms with Crippen molar-refractivity contribution in [2.75, 3.05) is 5.32 Å². The Labute approximate surface area is 132 Å². The maximum Gasteiger partial charge on any atom is 0.256 e. The van der Waals surface area contributed by atoms with Gasteiger partial charge in [-0.15, -0.1) is 11.3 Å². The van der Waals surface area contributed by atoms with Gasteiger partial charge in [0.05, 0.1) is 19.7 Å². The SMILES string of the molecule is NC(=S)c1c(F)cccc1NC(=O)c1csc(I)c1. The molecule has 0 aliphatic carbocycles. The number of hydrogen-bond donors (Lipinski definition) is 2. The van der Waals surface area contributed by atoms with E-state index in [0.717, 1.165) is 2.88 Å². The van der Waals surface area contributed by atoms with Crippen molar-refractivity contribution in [3.05, 3.63) is 49.5 Å². The highest BCUT2D eigenvalue weighted by Crippen LogP contribution is 2.21. The number of carbonyl (C=O) groups excluding carboxylic acids is 1. The smallest absolute Gasteiger partial charge is 0.256 e. The number of nitrogens with two attached hydrogens (primary N) is 1. The van der Waals surface area contributed by atoms with Crippen molar-refractivity contribution in [2.24, 2.45) is 5.73 Å². The summed E-state index contributed by atoms with van der Waals surface area (Å²) in [6.45, 7) is 0. The van der Waals surface area contributed by atoms with Gasteiger partial charge >= 0.3 is 0 Å². The number of anilines is 1. The molecule has 0 bridgehead atoms. The number of carbonyl (C=O) groups is 1. The first-order valence-electron chi connectivity index (χ1n) is 5.12. The molecule has 0 saturated heterocycles. The Morgan fingerprint density at radius 2 is 2.21 bits per heavy atom. The van der Waals surface area contributed by atoms with Crippen LogP contribution >= 0.6 is 46.1 Å². The number of nitrogens with one attached hydrogen (secondary N) is 1. The fourth-order valence-corrected chi connectivity index (χ4v) is 3.04. The molecule has 3 nitrogen and oxygen atoms in total. The summed E-state index contributed by atoms with van der Waals surface area (Å²) in [5.74, 6) is -0.868. The van der Waals surface area contributed by atoms with Gasteiger partial charge in [0.15, 0.2) is 0 Å². The van der Waals surface area contributed by atoms with Gasteiger partial charge in [-0.25, -0.2) is 4.39 Å². The third kappa shape index (κ3) is 3.28. The van der Waals surface area contributed by atoms with Crippen LogP contribution in [0.15, 0.2) is 29.6 Å². The first-order valence-corrected chi connectivity index (χ1v) is 7.49. The van der Waals surface area contributed by atoms with Crippen LogP contribution in [-0.2, 0) is 0 Å². The van der Waals surface area contributed by atoms with Crippen LogP contribution in [0, 0.1) is 8.70 Å². The lowest BCUT2D eigenvalue weighted by atomic mass is 10.1. The van der Waals surface area contributed by atoms with E-state index in [0.29, 0.717) is 5.56 Å². The summed E-state index contributed by atoms with van der Waals surface area (Å²) in [4.78, 5) is 11.9. The number of rotatable bonds is 3. The maximum absolute atomic E-state index is 13.6. The van der Waals surface area contributed by atoms with Gasteiger partial charge in [0.1, 0.15) is 10.8 Å². The molecule has 0 aliphatic rings. The Morgan fingerprint density at radius 1 is 1.47 bits per heavy atom. The number of halogens is 2. The van der Waals surface area contributed by atoms with Crippen molar-refractivity contribution < 1.29 is 9.18 Å². The van der Waals surface area contributed by atoms with E-state index in [1.165, 1.54) is 23.5 Å². The molecule has 7 heteroatoms. The van der Waals surface area contributed by atoms with Gasteiger partial charge in [0.25, 0.3) is 5.91 Å². The third-order valence-corrected chi connectivity index (χ3v) is 4.33. The predicted octanol–water partition coefficient (Wildman–Crippen LogP) is 3.38. The molecule has 0 unspecified atom stereocenters. The van der Waals surface area contributed by atoms with Crippen molar-refractivity contribution in [1.82, 2.24) is 0 Å². The number of hydrogen-bond acceptors (Lipinski definition) is 3. The third-order valence-electron chi connectivity index (χ3n) is 2.34. The predicted molar refractivity (Wildman–Crippen MR) is 87.3 cm³/mol. The number of benzene rings is 1. The first-order chi connectivity index (χ1) is 8.99. The van der Waals surface area contributed by atoms with Gasteiger partial charge in [0.2, 0.25) is 0 Å². The molecule has 19 heavy (non-hydrogen) atoms. The summed E-state index contributed by atoms with van der Waals surface area (Å²) in [7, 11) is 0. The van der Waals surface area contributed by atoms with Crippen LogP contribution < -0.4 is 11.1 Å². The molecule has 0 aliphatic heterocycles. The van der Waals surface area contributed by atoms with E-state index < -0.39 is 5.82 Å². The van der Waals surface area contributed by atoms with E-state index in [1.54, 1.807) is 17.5 Å². The average molecular weight is 406 g/mol. The van der Waals surface area contributed by atoms with Crippen LogP contribution in [0.2, 0.25) is 0 Å². The van der Waals surface area contributed by atoms with Crippen LogP contribution in [0.5, 0.6) is 0 Å². The Morgan fingerprint density at radius 3 is 2.79 bits per heavy atom. The lowest BCUT2D eigenvalue weighted by Gasteiger charge is -2.10. The molecule has 3 N–H and O–H groups in total. The van der Waals surface area contributed by atoms with Gasteiger partial charge in [-0.3, -0.25) is 4.79 Å². The average Bonchev–Trinajstić information content (AvgIpc) is 2.75. The highest BCUT2D eigenvalue weighted by molar-refractivity contribution is 14.1. The molecule has 2 aromatic rings. The molecule has 0 radical (unpaired) electrons. The standard InChI is InChI=1S/C12H8FIN2OS2/c13-7-2-1-3-8(10(7)11(15)18)16-12(17)6-4-9(14)19-5-6/h1-5H,(H2,15,18)(H,16,17). The molecule has 1 aromatic heterocycles. The molecule has 98 valence electrons. The van der Waals surface area contributed by atoms with E-state index in [2.05, 4.69) is 27.9 Å². The summed E-state index contributed by atoms with van der Waals surface area (Å²) >= 11 is 8.38. The minimum atomic E-state index is -0.551. The zero-order valence-corrected chi connectivity index (χ0v) is 13.2. The molecule has 2 rings (SSSR count). The van der Waals surface area contributed by atoms with E-state index in [9.17, 15) is 9.18 Å². The molecule has 1 heterocycles. The van der Waals surface area contributed by atoms with Crippen LogP contribution in [0.3, 0.4) is 0 Å². The van der Waals surface area contributed by atoms with Crippen LogP contribution in [0.1, 0.15) is 15.9 Å². The minimum absolute atomic E-state index is 0.0516. The molecular formula is C12H8FIN2OS2. The lowest BCUT2D eigenvalue weighted by molar-refractivity contribution is 0.102. The van der Waals surface area contributed by atoms with Gasteiger partial charge in [-0.2, -0.15) is 0 Å². The second-order valence-corrected chi connectivity index (χ2v) is 6.87. The molecule has 1 amide bonds. The molecule has 0 atom stereocenters.